The number of hydrogen-bond donors (Lipinski definition) is 2. The van der Waals surface area contributed by atoms with Crippen molar-refractivity contribution in [1.82, 2.24) is 10.3 Å². The Bertz CT molecular complexity index is 587. The van der Waals surface area contributed by atoms with Gasteiger partial charge in [0.05, 0.1) is 0 Å². The van der Waals surface area contributed by atoms with E-state index in [1.165, 1.54) is 6.92 Å². The molecule has 1 amide bonds. The van der Waals surface area contributed by atoms with Gasteiger partial charge in [0.25, 0.3) is 5.91 Å². The minimum atomic E-state index is -0.638. The Kier molecular flexibility index (Phi) is 5.91. The lowest BCUT2D eigenvalue weighted by Gasteiger charge is -2.17. The Morgan fingerprint density at radius 2 is 1.77 bits per heavy atom. The number of aryl methyl sites for hydroxylation is 1. The van der Waals surface area contributed by atoms with Crippen LogP contribution in [0, 0.1) is 19.8 Å². The molecular weight excluding hydrogens is 284 g/mol. The highest BCUT2D eigenvalue weighted by Crippen LogP contribution is 2.19. The van der Waals surface area contributed by atoms with Crippen LogP contribution in [0.15, 0.2) is 0 Å². The molecule has 0 radical (unpaired) electrons. The monoisotopic (exact) mass is 308 g/mol. The maximum Gasteiger partial charge on any atom is 0.355 e. The summed E-state index contributed by atoms with van der Waals surface area (Å²) in [6, 6.07) is 0.00462. The highest BCUT2D eigenvalue weighted by molar-refractivity contribution is 6.01. The van der Waals surface area contributed by atoms with Crippen LogP contribution >= 0.6 is 0 Å². The van der Waals surface area contributed by atoms with Crippen LogP contribution in [-0.4, -0.2) is 35.3 Å². The van der Waals surface area contributed by atoms with E-state index >= 15 is 0 Å². The third-order valence-corrected chi connectivity index (χ3v) is 3.72. The van der Waals surface area contributed by atoms with Gasteiger partial charge in [-0.05, 0) is 39.2 Å². The summed E-state index contributed by atoms with van der Waals surface area (Å²) in [6.45, 7) is 10.4. The summed E-state index contributed by atoms with van der Waals surface area (Å²) in [4.78, 5) is 38.1. The molecule has 0 aliphatic heterocycles. The Morgan fingerprint density at radius 1 is 1.18 bits per heavy atom. The van der Waals surface area contributed by atoms with Crippen LogP contribution in [0.25, 0.3) is 0 Å². The molecule has 0 unspecified atom stereocenters. The number of carbonyl (C=O) groups is 3. The first-order chi connectivity index (χ1) is 10.1. The molecule has 1 heterocycles. The van der Waals surface area contributed by atoms with E-state index in [0.717, 1.165) is 0 Å². The Labute approximate surface area is 130 Å². The molecule has 2 N–H and O–H groups in total. The molecule has 0 spiro atoms. The Hall–Kier alpha value is -2.11. The second kappa shape index (κ2) is 7.24. The lowest BCUT2D eigenvalue weighted by molar-refractivity contribution is -0.125. The van der Waals surface area contributed by atoms with E-state index in [4.69, 9.17) is 4.74 Å². The zero-order chi connectivity index (χ0) is 17.0. The van der Waals surface area contributed by atoms with Gasteiger partial charge < -0.3 is 15.0 Å². The highest BCUT2D eigenvalue weighted by atomic mass is 16.5. The van der Waals surface area contributed by atoms with Crippen LogP contribution in [0.5, 0.6) is 0 Å². The van der Waals surface area contributed by atoms with E-state index in [2.05, 4.69) is 10.3 Å². The Balaban J connectivity index is 2.69. The van der Waals surface area contributed by atoms with Crippen LogP contribution in [0.4, 0.5) is 0 Å². The zero-order valence-electron chi connectivity index (χ0n) is 14.0. The number of carbonyl (C=O) groups excluding carboxylic acids is 3. The second-order valence-electron chi connectivity index (χ2n) is 5.86. The number of Topliss-reactive ketones (excluding diaryl/α,β-unsaturated/α-hetero) is 1. The van der Waals surface area contributed by atoms with Gasteiger partial charge >= 0.3 is 5.97 Å². The van der Waals surface area contributed by atoms with E-state index in [0.29, 0.717) is 22.7 Å². The molecule has 22 heavy (non-hydrogen) atoms. The maximum atomic E-state index is 12.0. The number of ketones is 1. The SMILES string of the molecule is CC(=O)c1c(C)[nH]c(C(=O)OCC(=O)N[C@H](C)C(C)C)c1C. The van der Waals surface area contributed by atoms with Crippen molar-refractivity contribution < 1.29 is 19.1 Å². The molecule has 1 rings (SSSR count). The van der Waals surface area contributed by atoms with E-state index in [-0.39, 0.29) is 30.0 Å². The van der Waals surface area contributed by atoms with Gasteiger partial charge in [0.1, 0.15) is 5.69 Å². The van der Waals surface area contributed by atoms with Gasteiger partial charge in [0.15, 0.2) is 12.4 Å². The lowest BCUT2D eigenvalue weighted by atomic mass is 10.1. The van der Waals surface area contributed by atoms with Crippen molar-refractivity contribution in [3.63, 3.8) is 0 Å². The number of rotatable bonds is 6. The third-order valence-electron chi connectivity index (χ3n) is 3.72. The molecule has 0 bridgehead atoms. The zero-order valence-corrected chi connectivity index (χ0v) is 14.0. The van der Waals surface area contributed by atoms with Crippen molar-refractivity contribution in [2.45, 2.75) is 47.6 Å². The minimum absolute atomic E-state index is 0.00462. The molecule has 0 saturated heterocycles. The minimum Gasteiger partial charge on any atom is -0.451 e. The van der Waals surface area contributed by atoms with Crippen LogP contribution < -0.4 is 5.32 Å². The fraction of sp³-hybridized carbons (Fsp3) is 0.562. The van der Waals surface area contributed by atoms with E-state index < -0.39 is 5.97 Å². The summed E-state index contributed by atoms with van der Waals surface area (Å²) in [7, 11) is 0. The number of nitrogens with one attached hydrogen (secondary N) is 2. The van der Waals surface area contributed by atoms with Crippen molar-refractivity contribution in [2.24, 2.45) is 5.92 Å². The van der Waals surface area contributed by atoms with Gasteiger partial charge in [0.2, 0.25) is 0 Å². The quantitative estimate of drug-likeness (QED) is 0.622. The largest absolute Gasteiger partial charge is 0.451 e. The fourth-order valence-corrected chi connectivity index (χ4v) is 2.15. The van der Waals surface area contributed by atoms with E-state index in [1.807, 2.05) is 20.8 Å². The van der Waals surface area contributed by atoms with Crippen LogP contribution in [0.3, 0.4) is 0 Å². The first-order valence-corrected chi connectivity index (χ1v) is 7.31. The summed E-state index contributed by atoms with van der Waals surface area (Å²) in [5.74, 6) is -0.803. The van der Waals surface area contributed by atoms with Gasteiger partial charge in [-0.25, -0.2) is 4.79 Å². The van der Waals surface area contributed by atoms with Gasteiger partial charge in [-0.15, -0.1) is 0 Å². The molecule has 1 aromatic rings. The molecule has 122 valence electrons. The summed E-state index contributed by atoms with van der Waals surface area (Å²) < 4.78 is 5.01. The molecule has 1 aromatic heterocycles. The van der Waals surface area contributed by atoms with Gasteiger partial charge in [-0.2, -0.15) is 0 Å². The molecular formula is C16H24N2O4. The Morgan fingerprint density at radius 3 is 2.23 bits per heavy atom. The summed E-state index contributed by atoms with van der Waals surface area (Å²) in [5, 5.41) is 2.76. The van der Waals surface area contributed by atoms with Gasteiger partial charge in [-0.3, -0.25) is 9.59 Å². The molecule has 0 aromatic carbocycles. The third kappa shape index (κ3) is 4.19. The van der Waals surface area contributed by atoms with E-state index in [1.54, 1.807) is 13.8 Å². The van der Waals surface area contributed by atoms with Crippen molar-refractivity contribution in [2.75, 3.05) is 6.61 Å². The first kappa shape index (κ1) is 17.9. The van der Waals surface area contributed by atoms with Crippen LogP contribution in [-0.2, 0) is 9.53 Å². The molecule has 0 aliphatic carbocycles. The molecule has 0 fully saturated rings. The maximum absolute atomic E-state index is 12.0. The van der Waals surface area contributed by atoms with Crippen LogP contribution in [0.2, 0.25) is 0 Å². The molecule has 6 heteroatoms. The summed E-state index contributed by atoms with van der Waals surface area (Å²) >= 11 is 0. The number of esters is 1. The van der Waals surface area contributed by atoms with Crippen molar-refractivity contribution in [3.8, 4) is 0 Å². The number of amides is 1. The van der Waals surface area contributed by atoms with Crippen molar-refractivity contribution >= 4 is 17.7 Å². The predicted molar refractivity (Wildman–Crippen MR) is 83.0 cm³/mol. The summed E-state index contributed by atoms with van der Waals surface area (Å²) in [5.41, 5.74) is 1.87. The number of ether oxygens (including phenoxy) is 1. The number of hydrogen-bond acceptors (Lipinski definition) is 4. The average molecular weight is 308 g/mol. The second-order valence-corrected chi connectivity index (χ2v) is 5.86. The first-order valence-electron chi connectivity index (χ1n) is 7.31. The molecule has 1 atom stereocenters. The smallest absolute Gasteiger partial charge is 0.355 e. The van der Waals surface area contributed by atoms with Gasteiger partial charge in [0, 0.05) is 17.3 Å². The molecule has 0 saturated carbocycles. The lowest BCUT2D eigenvalue weighted by Crippen LogP contribution is -2.38. The molecule has 6 nitrogen and oxygen atoms in total. The summed E-state index contributed by atoms with van der Waals surface area (Å²) in [6.07, 6.45) is 0. The normalized spacial score (nSPS) is 12.1. The van der Waals surface area contributed by atoms with E-state index in [9.17, 15) is 14.4 Å². The average Bonchev–Trinajstić information content (AvgIpc) is 2.71. The number of aromatic nitrogens is 1. The highest BCUT2D eigenvalue weighted by Gasteiger charge is 2.21. The number of H-pyrrole nitrogens is 1. The standard InChI is InChI=1S/C16H24N2O4/c1-8(2)10(4)17-13(20)7-22-16(21)15-9(3)14(12(6)19)11(5)18-15/h8,10,18H,7H2,1-6H3,(H,17,20)/t10-/m1/s1. The van der Waals surface area contributed by atoms with Crippen molar-refractivity contribution in [1.29, 1.82) is 0 Å². The fourth-order valence-electron chi connectivity index (χ4n) is 2.15. The van der Waals surface area contributed by atoms with Crippen LogP contribution in [0.1, 0.15) is 59.8 Å². The topological polar surface area (TPSA) is 88.3 Å². The van der Waals surface area contributed by atoms with Gasteiger partial charge in [-0.1, -0.05) is 13.8 Å². The van der Waals surface area contributed by atoms with Crippen molar-refractivity contribution in [3.05, 3.63) is 22.5 Å². The predicted octanol–water partition coefficient (Wildman–Crippen LogP) is 2.15. The number of aromatic amines is 1. The molecule has 0 aliphatic rings.